The second-order valence-electron chi connectivity index (χ2n) is 3.87. The van der Waals surface area contributed by atoms with E-state index in [1.165, 1.54) is 18.3 Å². The zero-order valence-electron chi connectivity index (χ0n) is 9.64. The van der Waals surface area contributed by atoms with Crippen molar-refractivity contribution in [2.24, 2.45) is 0 Å². The molecule has 0 aliphatic rings. The van der Waals surface area contributed by atoms with E-state index in [0.29, 0.717) is 10.9 Å². The van der Waals surface area contributed by atoms with Crippen LogP contribution in [0.25, 0.3) is 22.4 Å². The maximum Gasteiger partial charge on any atom is 0.223 e. The van der Waals surface area contributed by atoms with Crippen molar-refractivity contribution in [3.05, 3.63) is 35.7 Å². The molecule has 1 aromatic carbocycles. The average molecular weight is 258 g/mol. The Morgan fingerprint density at radius 1 is 1.39 bits per heavy atom. The summed E-state index contributed by atoms with van der Waals surface area (Å²) < 4.78 is 5.70. The molecule has 3 rings (SSSR count). The first kappa shape index (κ1) is 11.0. The second-order valence-corrected chi connectivity index (χ2v) is 4.73. The monoisotopic (exact) mass is 258 g/mol. The number of para-hydroxylation sites is 1. The Kier molecular flexibility index (Phi) is 2.60. The number of aromatic nitrogens is 1. The largest absolute Gasteiger partial charge is 0.454 e. The van der Waals surface area contributed by atoms with Crippen molar-refractivity contribution in [1.29, 1.82) is 0 Å². The summed E-state index contributed by atoms with van der Waals surface area (Å²) in [7, 11) is 0. The third-order valence-electron chi connectivity index (χ3n) is 2.47. The molecule has 0 aliphatic heterocycles. The van der Waals surface area contributed by atoms with Crippen LogP contribution < -0.4 is 5.32 Å². The van der Waals surface area contributed by atoms with Crippen molar-refractivity contribution in [2.45, 2.75) is 6.92 Å². The van der Waals surface area contributed by atoms with Crippen molar-refractivity contribution in [3.63, 3.8) is 0 Å². The molecule has 2 heterocycles. The first-order valence-electron chi connectivity index (χ1n) is 5.44. The number of anilines is 1. The zero-order chi connectivity index (χ0) is 12.5. The van der Waals surface area contributed by atoms with E-state index in [0.717, 1.165) is 16.7 Å². The van der Waals surface area contributed by atoms with E-state index in [-0.39, 0.29) is 5.91 Å². The van der Waals surface area contributed by atoms with Gasteiger partial charge in [0.2, 0.25) is 5.91 Å². The van der Waals surface area contributed by atoms with Crippen LogP contribution in [-0.4, -0.2) is 10.9 Å². The van der Waals surface area contributed by atoms with E-state index >= 15 is 0 Å². The lowest BCUT2D eigenvalue weighted by Gasteiger charge is -1.92. The van der Waals surface area contributed by atoms with Crippen LogP contribution in [0.15, 0.2) is 40.1 Å². The lowest BCUT2D eigenvalue weighted by Crippen LogP contribution is -2.04. The summed E-state index contributed by atoms with van der Waals surface area (Å²) in [4.78, 5) is 15.2. The van der Waals surface area contributed by atoms with Crippen LogP contribution in [0.5, 0.6) is 0 Å². The van der Waals surface area contributed by atoms with Crippen LogP contribution in [0.4, 0.5) is 5.13 Å². The molecule has 0 fully saturated rings. The van der Waals surface area contributed by atoms with Gasteiger partial charge < -0.3 is 9.73 Å². The number of fused-ring (bicyclic) bond motifs is 1. The summed E-state index contributed by atoms with van der Waals surface area (Å²) in [6, 6.07) is 9.75. The molecule has 18 heavy (non-hydrogen) atoms. The van der Waals surface area contributed by atoms with Gasteiger partial charge in [0.15, 0.2) is 10.9 Å². The van der Waals surface area contributed by atoms with Gasteiger partial charge in [0.1, 0.15) is 11.3 Å². The molecule has 0 radical (unpaired) electrons. The number of benzene rings is 1. The second kappa shape index (κ2) is 4.27. The topological polar surface area (TPSA) is 55.1 Å². The van der Waals surface area contributed by atoms with Gasteiger partial charge in [0.05, 0.1) is 0 Å². The highest BCUT2D eigenvalue weighted by atomic mass is 32.1. The molecule has 0 spiro atoms. The number of rotatable bonds is 2. The van der Waals surface area contributed by atoms with Gasteiger partial charge in [0, 0.05) is 17.7 Å². The number of thiazole rings is 1. The summed E-state index contributed by atoms with van der Waals surface area (Å²) in [5.41, 5.74) is 1.57. The Morgan fingerprint density at radius 2 is 2.22 bits per heavy atom. The summed E-state index contributed by atoms with van der Waals surface area (Å²) in [5.74, 6) is 0.588. The van der Waals surface area contributed by atoms with E-state index in [1.807, 2.05) is 35.7 Å². The Labute approximate surface area is 107 Å². The predicted octanol–water partition coefficient (Wildman–Crippen LogP) is 3.51. The van der Waals surface area contributed by atoms with Crippen LogP contribution >= 0.6 is 11.3 Å². The Hall–Kier alpha value is -2.14. The summed E-state index contributed by atoms with van der Waals surface area (Å²) >= 11 is 1.38. The minimum Gasteiger partial charge on any atom is -0.454 e. The minimum absolute atomic E-state index is 0.125. The predicted molar refractivity (Wildman–Crippen MR) is 71.6 cm³/mol. The molecule has 1 amide bonds. The molecule has 1 N–H and O–H groups in total. The van der Waals surface area contributed by atoms with Gasteiger partial charge in [-0.2, -0.15) is 0 Å². The Morgan fingerprint density at radius 3 is 3.00 bits per heavy atom. The number of nitrogens with zero attached hydrogens (tertiary/aromatic N) is 1. The molecule has 3 aromatic rings. The minimum atomic E-state index is -0.125. The van der Waals surface area contributed by atoms with E-state index in [4.69, 9.17) is 4.42 Å². The standard InChI is InChI=1S/C13H10N2O2S/c1-8(16)14-13-15-10(7-18-13)12-6-9-4-2-3-5-11(9)17-12/h2-7H,1H3,(H,14,15,16). The molecule has 0 bridgehead atoms. The number of carbonyl (C=O) groups is 1. The SMILES string of the molecule is CC(=O)Nc1nc(-c2cc3ccccc3o2)cs1. The van der Waals surface area contributed by atoms with Gasteiger partial charge in [-0.1, -0.05) is 18.2 Å². The highest BCUT2D eigenvalue weighted by Crippen LogP contribution is 2.29. The van der Waals surface area contributed by atoms with E-state index in [2.05, 4.69) is 10.3 Å². The summed E-state index contributed by atoms with van der Waals surface area (Å²) in [5, 5.41) is 6.14. The fourth-order valence-electron chi connectivity index (χ4n) is 1.70. The van der Waals surface area contributed by atoms with Crippen molar-refractivity contribution < 1.29 is 9.21 Å². The molecular formula is C13H10N2O2S. The smallest absolute Gasteiger partial charge is 0.223 e. The lowest BCUT2D eigenvalue weighted by molar-refractivity contribution is -0.114. The normalized spacial score (nSPS) is 10.7. The molecular weight excluding hydrogens is 248 g/mol. The summed E-state index contributed by atoms with van der Waals surface area (Å²) in [6.07, 6.45) is 0. The fourth-order valence-corrected chi connectivity index (χ4v) is 2.45. The maximum absolute atomic E-state index is 10.9. The molecule has 0 aliphatic carbocycles. The van der Waals surface area contributed by atoms with Crippen LogP contribution in [0, 0.1) is 0 Å². The first-order chi connectivity index (χ1) is 8.72. The fraction of sp³-hybridized carbons (Fsp3) is 0.0769. The average Bonchev–Trinajstić information content (AvgIpc) is 2.93. The molecule has 90 valence electrons. The molecule has 5 heteroatoms. The number of nitrogens with one attached hydrogen (secondary N) is 1. The number of carbonyl (C=O) groups excluding carboxylic acids is 1. The molecule has 0 atom stereocenters. The maximum atomic E-state index is 10.9. The van der Waals surface area contributed by atoms with Crippen LogP contribution in [0.3, 0.4) is 0 Å². The third-order valence-corrected chi connectivity index (χ3v) is 3.22. The van der Waals surface area contributed by atoms with Gasteiger partial charge >= 0.3 is 0 Å². The van der Waals surface area contributed by atoms with Crippen LogP contribution in [0.2, 0.25) is 0 Å². The highest BCUT2D eigenvalue weighted by molar-refractivity contribution is 7.14. The Bertz CT molecular complexity index is 681. The lowest BCUT2D eigenvalue weighted by atomic mass is 10.2. The Balaban J connectivity index is 1.98. The number of amides is 1. The van der Waals surface area contributed by atoms with Crippen molar-refractivity contribution in [2.75, 3.05) is 5.32 Å². The number of hydrogen-bond donors (Lipinski definition) is 1. The number of furan rings is 1. The molecule has 0 saturated heterocycles. The van der Waals surface area contributed by atoms with Gasteiger partial charge in [-0.05, 0) is 12.1 Å². The molecule has 4 nitrogen and oxygen atoms in total. The first-order valence-corrected chi connectivity index (χ1v) is 6.32. The van der Waals surface area contributed by atoms with Crippen molar-refractivity contribution in [1.82, 2.24) is 4.98 Å². The van der Waals surface area contributed by atoms with E-state index in [1.54, 1.807) is 0 Å². The summed E-state index contributed by atoms with van der Waals surface area (Å²) in [6.45, 7) is 1.46. The van der Waals surface area contributed by atoms with Crippen LogP contribution in [0.1, 0.15) is 6.92 Å². The molecule has 2 aromatic heterocycles. The van der Waals surface area contributed by atoms with E-state index in [9.17, 15) is 4.79 Å². The third kappa shape index (κ3) is 2.00. The zero-order valence-corrected chi connectivity index (χ0v) is 10.5. The van der Waals surface area contributed by atoms with Gasteiger partial charge in [-0.3, -0.25) is 4.79 Å². The van der Waals surface area contributed by atoms with Crippen LogP contribution in [-0.2, 0) is 4.79 Å². The van der Waals surface area contributed by atoms with Gasteiger partial charge in [0.25, 0.3) is 0 Å². The van der Waals surface area contributed by atoms with E-state index < -0.39 is 0 Å². The van der Waals surface area contributed by atoms with Gasteiger partial charge in [-0.25, -0.2) is 4.98 Å². The molecule has 0 saturated carbocycles. The number of hydrogen-bond acceptors (Lipinski definition) is 4. The van der Waals surface area contributed by atoms with Gasteiger partial charge in [-0.15, -0.1) is 11.3 Å². The van der Waals surface area contributed by atoms with Crippen molar-refractivity contribution >= 4 is 33.3 Å². The molecule has 0 unspecified atom stereocenters. The highest BCUT2D eigenvalue weighted by Gasteiger charge is 2.10. The quantitative estimate of drug-likeness (QED) is 0.765. The van der Waals surface area contributed by atoms with Crippen molar-refractivity contribution in [3.8, 4) is 11.5 Å².